The molecule has 2 aliphatic heterocycles. The summed E-state index contributed by atoms with van der Waals surface area (Å²) in [5, 5.41) is 12.8. The highest BCUT2D eigenvalue weighted by atomic mass is 14.9. The van der Waals surface area contributed by atoms with Gasteiger partial charge in [0.05, 0.1) is 0 Å². The van der Waals surface area contributed by atoms with Crippen molar-refractivity contribution in [3.05, 3.63) is 96.1 Å². The summed E-state index contributed by atoms with van der Waals surface area (Å²) in [6.07, 6.45) is 16.7. The van der Waals surface area contributed by atoms with Gasteiger partial charge in [-0.15, -0.1) is 0 Å². The maximum Gasteiger partial charge on any atom is -0.000597 e. The fourth-order valence-electron chi connectivity index (χ4n) is 9.48. The Balaban J connectivity index is 0.000000137. The largest absolute Gasteiger partial charge is 0.316 e. The molecule has 0 radical (unpaired) electrons. The number of hydrogen-bond donors (Lipinski definition) is 2. The quantitative estimate of drug-likeness (QED) is 0.261. The molecule has 2 heterocycles. The molecule has 2 unspecified atom stereocenters. The highest BCUT2D eigenvalue weighted by Gasteiger charge is 2.43. The maximum atomic E-state index is 3.60. The molecular formula is C40H50N2. The van der Waals surface area contributed by atoms with Crippen molar-refractivity contribution in [1.29, 1.82) is 0 Å². The van der Waals surface area contributed by atoms with Crippen molar-refractivity contribution in [3.63, 3.8) is 0 Å². The number of nitrogens with one attached hydrogen (secondary N) is 2. The van der Waals surface area contributed by atoms with Gasteiger partial charge in [0, 0.05) is 0 Å². The Labute approximate surface area is 253 Å². The fourth-order valence-corrected chi connectivity index (χ4v) is 9.48. The molecule has 2 N–H and O–H groups in total. The topological polar surface area (TPSA) is 24.1 Å². The number of fused-ring (bicyclic) bond motifs is 2. The van der Waals surface area contributed by atoms with Gasteiger partial charge in [-0.05, 0) is 120 Å². The van der Waals surface area contributed by atoms with E-state index < -0.39 is 0 Å². The van der Waals surface area contributed by atoms with Crippen molar-refractivity contribution >= 4 is 21.5 Å². The standard InChI is InChI=1S/2C20H25N/c2*1-4-11-20(12-5-1,19-10-13-21-15-19)18-9-8-16-6-2-3-7-17(16)14-18/h2*2-3,6-9,14,19,21H,1,4-5,10-13,15H2. The van der Waals surface area contributed by atoms with Crippen molar-refractivity contribution in [3.8, 4) is 0 Å². The van der Waals surface area contributed by atoms with Crippen LogP contribution in [0.25, 0.3) is 21.5 Å². The lowest BCUT2D eigenvalue weighted by Gasteiger charge is -2.43. The van der Waals surface area contributed by atoms with Gasteiger partial charge in [-0.2, -0.15) is 0 Å². The minimum absolute atomic E-state index is 0.436. The molecule has 4 fully saturated rings. The predicted molar refractivity (Wildman–Crippen MR) is 179 cm³/mol. The van der Waals surface area contributed by atoms with E-state index in [1.807, 2.05) is 0 Å². The maximum absolute atomic E-state index is 3.60. The Morgan fingerprint density at radius 2 is 0.857 bits per heavy atom. The second-order valence-corrected chi connectivity index (χ2v) is 13.9. The van der Waals surface area contributed by atoms with E-state index in [4.69, 9.17) is 0 Å². The van der Waals surface area contributed by atoms with E-state index in [1.54, 1.807) is 11.1 Å². The number of hydrogen-bond acceptors (Lipinski definition) is 2. The molecule has 0 amide bonds. The van der Waals surface area contributed by atoms with E-state index in [1.165, 1.54) is 125 Å². The monoisotopic (exact) mass is 558 g/mol. The van der Waals surface area contributed by atoms with Gasteiger partial charge in [-0.25, -0.2) is 0 Å². The van der Waals surface area contributed by atoms with Crippen LogP contribution in [0, 0.1) is 11.8 Å². The van der Waals surface area contributed by atoms with Gasteiger partial charge in [-0.3, -0.25) is 0 Å². The molecule has 2 heteroatoms. The summed E-state index contributed by atoms with van der Waals surface area (Å²) in [6.45, 7) is 4.85. The van der Waals surface area contributed by atoms with Crippen molar-refractivity contribution < 1.29 is 0 Å². The van der Waals surface area contributed by atoms with E-state index in [2.05, 4.69) is 95.6 Å². The second-order valence-electron chi connectivity index (χ2n) is 13.9. The van der Waals surface area contributed by atoms with Crippen LogP contribution in [0.5, 0.6) is 0 Å². The summed E-state index contributed by atoms with van der Waals surface area (Å²) >= 11 is 0. The van der Waals surface area contributed by atoms with Crippen LogP contribution in [0.3, 0.4) is 0 Å². The first-order valence-corrected chi connectivity index (χ1v) is 17.2. The van der Waals surface area contributed by atoms with Gasteiger partial charge in [0.2, 0.25) is 0 Å². The third-order valence-electron chi connectivity index (χ3n) is 11.8. The molecule has 0 spiro atoms. The van der Waals surface area contributed by atoms with Gasteiger partial charge < -0.3 is 10.6 Å². The van der Waals surface area contributed by atoms with Crippen LogP contribution in [-0.4, -0.2) is 26.2 Å². The molecule has 2 aliphatic carbocycles. The average molecular weight is 559 g/mol. The van der Waals surface area contributed by atoms with E-state index in [-0.39, 0.29) is 0 Å². The van der Waals surface area contributed by atoms with Gasteiger partial charge in [0.1, 0.15) is 0 Å². The molecule has 4 aromatic carbocycles. The van der Waals surface area contributed by atoms with E-state index in [0.717, 1.165) is 11.8 Å². The average Bonchev–Trinajstić information content (AvgIpc) is 3.82. The highest BCUT2D eigenvalue weighted by Crippen LogP contribution is 2.49. The van der Waals surface area contributed by atoms with Crippen molar-refractivity contribution in [1.82, 2.24) is 10.6 Å². The van der Waals surface area contributed by atoms with E-state index in [0.29, 0.717) is 10.8 Å². The van der Waals surface area contributed by atoms with Crippen LogP contribution in [-0.2, 0) is 10.8 Å². The number of rotatable bonds is 4. The van der Waals surface area contributed by atoms with Crippen LogP contribution >= 0.6 is 0 Å². The zero-order valence-electron chi connectivity index (χ0n) is 25.6. The molecular weight excluding hydrogens is 508 g/mol. The van der Waals surface area contributed by atoms with Crippen molar-refractivity contribution in [2.45, 2.75) is 87.9 Å². The summed E-state index contributed by atoms with van der Waals surface area (Å²) in [4.78, 5) is 0. The zero-order chi connectivity index (χ0) is 28.2. The Morgan fingerprint density at radius 3 is 1.24 bits per heavy atom. The molecule has 8 rings (SSSR count). The Bertz CT molecular complexity index is 1350. The van der Waals surface area contributed by atoms with E-state index in [9.17, 15) is 0 Å². The first-order chi connectivity index (χ1) is 20.8. The first kappa shape index (κ1) is 28.1. The van der Waals surface area contributed by atoms with E-state index >= 15 is 0 Å². The third kappa shape index (κ3) is 5.42. The Hall–Kier alpha value is -2.68. The van der Waals surface area contributed by atoms with Crippen LogP contribution in [0.1, 0.15) is 88.2 Å². The molecule has 42 heavy (non-hydrogen) atoms. The van der Waals surface area contributed by atoms with Crippen LogP contribution in [0.15, 0.2) is 84.9 Å². The molecule has 0 bridgehead atoms. The minimum atomic E-state index is 0.436. The smallest absolute Gasteiger partial charge is 0.000597 e. The first-order valence-electron chi connectivity index (χ1n) is 17.2. The van der Waals surface area contributed by atoms with Gasteiger partial charge >= 0.3 is 0 Å². The minimum Gasteiger partial charge on any atom is -0.316 e. The second kappa shape index (κ2) is 12.5. The van der Waals surface area contributed by atoms with Crippen LogP contribution in [0.2, 0.25) is 0 Å². The fraction of sp³-hybridized carbons (Fsp3) is 0.500. The van der Waals surface area contributed by atoms with Gasteiger partial charge in [0.15, 0.2) is 0 Å². The highest BCUT2D eigenvalue weighted by molar-refractivity contribution is 5.84. The SMILES string of the molecule is c1ccc2cc(C3(C4CCNC4)CCCCC3)ccc2c1.c1ccc2cc(C3(C4CCNC4)CCCCC3)ccc2c1. The Morgan fingerprint density at radius 1 is 0.452 bits per heavy atom. The Kier molecular flexibility index (Phi) is 8.37. The lowest BCUT2D eigenvalue weighted by atomic mass is 9.61. The molecule has 0 aromatic heterocycles. The summed E-state index contributed by atoms with van der Waals surface area (Å²) in [6, 6.07) is 32.1. The summed E-state index contributed by atoms with van der Waals surface area (Å²) in [7, 11) is 0. The molecule has 2 nitrogen and oxygen atoms in total. The summed E-state index contributed by atoms with van der Waals surface area (Å²) in [5.74, 6) is 1.66. The predicted octanol–water partition coefficient (Wildman–Crippen LogP) is 9.30. The van der Waals surface area contributed by atoms with Crippen LogP contribution in [0.4, 0.5) is 0 Å². The van der Waals surface area contributed by atoms with Crippen LogP contribution < -0.4 is 10.6 Å². The number of benzene rings is 4. The van der Waals surface area contributed by atoms with Crippen molar-refractivity contribution in [2.75, 3.05) is 26.2 Å². The molecule has 2 saturated carbocycles. The molecule has 2 atom stereocenters. The lowest BCUT2D eigenvalue weighted by molar-refractivity contribution is 0.202. The summed E-state index contributed by atoms with van der Waals surface area (Å²) < 4.78 is 0. The molecule has 4 aromatic rings. The van der Waals surface area contributed by atoms with Gasteiger partial charge in [0.25, 0.3) is 0 Å². The summed E-state index contributed by atoms with van der Waals surface area (Å²) in [5.41, 5.74) is 4.08. The third-order valence-corrected chi connectivity index (χ3v) is 11.8. The molecule has 4 aliphatic rings. The molecule has 2 saturated heterocycles. The zero-order valence-corrected chi connectivity index (χ0v) is 25.6. The normalized spacial score (nSPS) is 25.2. The lowest BCUT2D eigenvalue weighted by Crippen LogP contribution is -2.38. The molecule has 220 valence electrons. The van der Waals surface area contributed by atoms with Gasteiger partial charge in [-0.1, -0.05) is 123 Å². The van der Waals surface area contributed by atoms with Crippen molar-refractivity contribution in [2.24, 2.45) is 11.8 Å².